The Morgan fingerprint density at radius 1 is 1.12 bits per heavy atom. The highest BCUT2D eigenvalue weighted by molar-refractivity contribution is 5.26. The van der Waals surface area contributed by atoms with Crippen molar-refractivity contribution >= 4 is 0 Å². The van der Waals surface area contributed by atoms with Gasteiger partial charge in [-0.1, -0.05) is 26.0 Å². The summed E-state index contributed by atoms with van der Waals surface area (Å²) >= 11 is 0. The van der Waals surface area contributed by atoms with Gasteiger partial charge in [-0.05, 0) is 37.2 Å². The molecule has 0 saturated carbocycles. The van der Waals surface area contributed by atoms with Crippen molar-refractivity contribution in [2.24, 2.45) is 0 Å². The summed E-state index contributed by atoms with van der Waals surface area (Å²) < 4.78 is 5.12. The first-order chi connectivity index (χ1) is 8.22. The molecule has 0 amide bonds. The molecule has 96 valence electrons. The third kappa shape index (κ3) is 6.29. The van der Waals surface area contributed by atoms with Crippen LogP contribution < -0.4 is 15.4 Å². The summed E-state index contributed by atoms with van der Waals surface area (Å²) in [6.45, 7) is 7.39. The van der Waals surface area contributed by atoms with Gasteiger partial charge in [-0.25, -0.2) is 0 Å². The van der Waals surface area contributed by atoms with Crippen LogP contribution in [0.25, 0.3) is 0 Å². The van der Waals surface area contributed by atoms with Gasteiger partial charge in [0.25, 0.3) is 0 Å². The van der Waals surface area contributed by atoms with Crippen molar-refractivity contribution in [2.75, 3.05) is 20.2 Å². The van der Waals surface area contributed by atoms with E-state index >= 15 is 0 Å². The van der Waals surface area contributed by atoms with Crippen molar-refractivity contribution in [2.45, 2.75) is 32.9 Å². The number of rotatable bonds is 8. The second kappa shape index (κ2) is 8.09. The second-order valence-corrected chi connectivity index (χ2v) is 4.49. The summed E-state index contributed by atoms with van der Waals surface area (Å²) in [5.41, 5.74) is 1.29. The fourth-order valence-corrected chi connectivity index (χ4v) is 1.58. The molecule has 0 fully saturated rings. The minimum absolute atomic E-state index is 0.580. The van der Waals surface area contributed by atoms with Crippen LogP contribution in [0.5, 0.6) is 5.75 Å². The zero-order valence-corrected chi connectivity index (χ0v) is 11.1. The number of nitrogens with one attached hydrogen (secondary N) is 2. The van der Waals surface area contributed by atoms with E-state index < -0.39 is 0 Å². The smallest absolute Gasteiger partial charge is 0.118 e. The van der Waals surface area contributed by atoms with Crippen LogP contribution in [0.15, 0.2) is 24.3 Å². The Morgan fingerprint density at radius 3 is 2.41 bits per heavy atom. The number of hydrogen-bond acceptors (Lipinski definition) is 3. The molecule has 1 aromatic carbocycles. The number of methoxy groups -OCH3 is 1. The Hall–Kier alpha value is -1.06. The summed E-state index contributed by atoms with van der Waals surface area (Å²) in [6, 6.07) is 8.77. The van der Waals surface area contributed by atoms with E-state index in [0.29, 0.717) is 6.04 Å². The molecule has 2 N–H and O–H groups in total. The lowest BCUT2D eigenvalue weighted by Crippen LogP contribution is -2.26. The third-order valence-corrected chi connectivity index (χ3v) is 2.57. The van der Waals surface area contributed by atoms with E-state index in [1.165, 1.54) is 5.56 Å². The third-order valence-electron chi connectivity index (χ3n) is 2.57. The van der Waals surface area contributed by atoms with E-state index in [1.807, 2.05) is 12.1 Å². The molecule has 1 aromatic rings. The van der Waals surface area contributed by atoms with E-state index in [-0.39, 0.29) is 0 Å². The number of ether oxygens (including phenoxy) is 1. The minimum Gasteiger partial charge on any atom is -0.497 e. The standard InChI is InChI=1S/C14H24N2O/c1-12(2)16-10-4-9-15-11-13-5-7-14(17-3)8-6-13/h5-8,12,15-16H,4,9-11H2,1-3H3. The molecule has 0 heterocycles. The Morgan fingerprint density at radius 2 is 1.82 bits per heavy atom. The van der Waals surface area contributed by atoms with Crippen LogP contribution in [0.3, 0.4) is 0 Å². The number of benzene rings is 1. The van der Waals surface area contributed by atoms with E-state index in [1.54, 1.807) is 7.11 Å². The molecule has 0 saturated heterocycles. The van der Waals surface area contributed by atoms with Crippen molar-refractivity contribution in [3.8, 4) is 5.75 Å². The SMILES string of the molecule is COc1ccc(CNCCCNC(C)C)cc1. The fraction of sp³-hybridized carbons (Fsp3) is 0.571. The van der Waals surface area contributed by atoms with Gasteiger partial charge in [-0.15, -0.1) is 0 Å². The summed E-state index contributed by atoms with van der Waals surface area (Å²) in [5.74, 6) is 0.912. The van der Waals surface area contributed by atoms with Crippen LogP contribution in [0, 0.1) is 0 Å². The van der Waals surface area contributed by atoms with Gasteiger partial charge in [0.15, 0.2) is 0 Å². The maximum Gasteiger partial charge on any atom is 0.118 e. The van der Waals surface area contributed by atoms with Crippen molar-refractivity contribution in [1.82, 2.24) is 10.6 Å². The minimum atomic E-state index is 0.580. The molecule has 0 aliphatic rings. The second-order valence-electron chi connectivity index (χ2n) is 4.49. The summed E-state index contributed by atoms with van der Waals surface area (Å²) in [7, 11) is 1.69. The Balaban J connectivity index is 2.09. The lowest BCUT2D eigenvalue weighted by Gasteiger charge is -2.09. The van der Waals surface area contributed by atoms with Crippen molar-refractivity contribution in [3.63, 3.8) is 0 Å². The lowest BCUT2D eigenvalue weighted by molar-refractivity contribution is 0.414. The molecule has 1 rings (SSSR count). The first-order valence-corrected chi connectivity index (χ1v) is 6.29. The molecule has 3 heteroatoms. The summed E-state index contributed by atoms with van der Waals surface area (Å²) in [5, 5.41) is 6.83. The zero-order valence-electron chi connectivity index (χ0n) is 11.1. The Labute approximate surface area is 105 Å². The average molecular weight is 236 g/mol. The maximum absolute atomic E-state index is 5.12. The zero-order chi connectivity index (χ0) is 12.5. The molecular weight excluding hydrogens is 212 g/mol. The Bertz CT molecular complexity index is 296. The largest absolute Gasteiger partial charge is 0.497 e. The fourth-order valence-electron chi connectivity index (χ4n) is 1.58. The first kappa shape index (κ1) is 14.0. The highest BCUT2D eigenvalue weighted by Crippen LogP contribution is 2.10. The van der Waals surface area contributed by atoms with Gasteiger partial charge in [0.2, 0.25) is 0 Å². The quantitative estimate of drug-likeness (QED) is 0.679. The monoisotopic (exact) mass is 236 g/mol. The molecule has 0 aliphatic carbocycles. The van der Waals surface area contributed by atoms with Gasteiger partial charge in [0.1, 0.15) is 5.75 Å². The Kier molecular flexibility index (Phi) is 6.67. The number of hydrogen-bond donors (Lipinski definition) is 2. The van der Waals surface area contributed by atoms with Crippen LogP contribution in [0.2, 0.25) is 0 Å². The van der Waals surface area contributed by atoms with Gasteiger partial charge in [0.05, 0.1) is 7.11 Å². The highest BCUT2D eigenvalue weighted by Gasteiger charge is 1.95. The molecule has 0 spiro atoms. The topological polar surface area (TPSA) is 33.3 Å². The average Bonchev–Trinajstić information content (AvgIpc) is 2.34. The highest BCUT2D eigenvalue weighted by atomic mass is 16.5. The van der Waals surface area contributed by atoms with Crippen LogP contribution in [0.1, 0.15) is 25.8 Å². The molecule has 0 aromatic heterocycles. The molecule has 0 unspecified atom stereocenters. The lowest BCUT2D eigenvalue weighted by atomic mass is 10.2. The molecule has 0 bridgehead atoms. The van der Waals surface area contributed by atoms with Crippen molar-refractivity contribution in [1.29, 1.82) is 0 Å². The van der Waals surface area contributed by atoms with Crippen molar-refractivity contribution < 1.29 is 4.74 Å². The van der Waals surface area contributed by atoms with Crippen LogP contribution >= 0.6 is 0 Å². The molecule has 17 heavy (non-hydrogen) atoms. The van der Waals surface area contributed by atoms with E-state index in [2.05, 4.69) is 36.6 Å². The van der Waals surface area contributed by atoms with Crippen molar-refractivity contribution in [3.05, 3.63) is 29.8 Å². The van der Waals surface area contributed by atoms with Gasteiger partial charge in [-0.2, -0.15) is 0 Å². The van der Waals surface area contributed by atoms with Gasteiger partial charge in [-0.3, -0.25) is 0 Å². The van der Waals surface area contributed by atoms with Crippen LogP contribution in [0.4, 0.5) is 0 Å². The molecule has 0 radical (unpaired) electrons. The predicted octanol–water partition coefficient (Wildman–Crippen LogP) is 2.17. The predicted molar refractivity (Wildman–Crippen MR) is 72.5 cm³/mol. The molecule has 0 atom stereocenters. The van der Waals surface area contributed by atoms with Crippen LogP contribution in [-0.2, 0) is 6.54 Å². The van der Waals surface area contributed by atoms with Gasteiger partial charge < -0.3 is 15.4 Å². The van der Waals surface area contributed by atoms with E-state index in [0.717, 1.165) is 31.8 Å². The summed E-state index contributed by atoms with van der Waals surface area (Å²) in [4.78, 5) is 0. The van der Waals surface area contributed by atoms with Gasteiger partial charge >= 0.3 is 0 Å². The van der Waals surface area contributed by atoms with Crippen LogP contribution in [-0.4, -0.2) is 26.2 Å². The molecular formula is C14H24N2O. The van der Waals surface area contributed by atoms with Gasteiger partial charge in [0, 0.05) is 12.6 Å². The normalized spacial score (nSPS) is 10.8. The van der Waals surface area contributed by atoms with E-state index in [4.69, 9.17) is 4.74 Å². The summed E-state index contributed by atoms with van der Waals surface area (Å²) in [6.07, 6.45) is 1.16. The maximum atomic E-state index is 5.12. The molecule has 3 nitrogen and oxygen atoms in total. The first-order valence-electron chi connectivity index (χ1n) is 6.29. The molecule has 0 aliphatic heterocycles. The van der Waals surface area contributed by atoms with E-state index in [9.17, 15) is 0 Å².